The molecule has 0 heterocycles. The van der Waals surface area contributed by atoms with E-state index in [4.69, 9.17) is 11.6 Å². The average Bonchev–Trinajstić information content (AvgIpc) is 2.18. The average molecular weight is 349 g/mol. The molecule has 0 atom stereocenters. The summed E-state index contributed by atoms with van der Waals surface area (Å²) >= 11 is 6.70. The van der Waals surface area contributed by atoms with E-state index in [2.05, 4.69) is 0 Å². The van der Waals surface area contributed by atoms with E-state index in [0.29, 0.717) is 0 Å². The van der Waals surface area contributed by atoms with Gasteiger partial charge in [-0.15, -0.1) is 0 Å². The first kappa shape index (κ1) is 12.6. The molecular weight excluding hydrogens is 345 g/mol. The number of halogens is 5. The lowest BCUT2D eigenvalue weighted by Gasteiger charge is -2.09. The van der Waals surface area contributed by atoms with E-state index in [1.165, 1.54) is 22.6 Å². The van der Waals surface area contributed by atoms with E-state index in [-0.39, 0.29) is 0 Å². The van der Waals surface area contributed by atoms with Crippen LogP contribution in [0.4, 0.5) is 18.9 Å². The summed E-state index contributed by atoms with van der Waals surface area (Å²) in [5.41, 5.74) is -0.681. The molecule has 0 aliphatic heterocycles. The molecule has 0 aliphatic carbocycles. The molecule has 0 unspecified atom stereocenters. The van der Waals surface area contributed by atoms with Gasteiger partial charge in [0, 0.05) is 6.92 Å². The highest BCUT2D eigenvalue weighted by Crippen LogP contribution is 2.33. The van der Waals surface area contributed by atoms with E-state index in [9.17, 15) is 18.0 Å². The zero-order valence-corrected chi connectivity index (χ0v) is 10.2. The van der Waals surface area contributed by atoms with Gasteiger partial charge in [-0.25, -0.2) is 13.2 Å². The highest BCUT2D eigenvalue weighted by Gasteiger charge is 2.23. The number of nitrogens with one attached hydrogen (secondary N) is 1. The smallest absolute Gasteiger partial charge is 0.221 e. The zero-order chi connectivity index (χ0) is 11.7. The second-order valence-corrected chi connectivity index (χ2v) is 4.08. The summed E-state index contributed by atoms with van der Waals surface area (Å²) in [6, 6.07) is 0. The van der Waals surface area contributed by atoms with Crippen molar-refractivity contribution in [3.05, 3.63) is 26.0 Å². The van der Waals surface area contributed by atoms with Crippen LogP contribution in [0.5, 0.6) is 0 Å². The van der Waals surface area contributed by atoms with Gasteiger partial charge in [-0.2, -0.15) is 0 Å². The van der Waals surface area contributed by atoms with E-state index < -0.39 is 37.6 Å². The molecule has 1 N–H and O–H groups in total. The van der Waals surface area contributed by atoms with Gasteiger partial charge in [0.1, 0.15) is 10.7 Å². The molecule has 0 saturated carbocycles. The van der Waals surface area contributed by atoms with Gasteiger partial charge in [0.2, 0.25) is 5.91 Å². The molecule has 0 radical (unpaired) electrons. The Labute approximate surface area is 102 Å². The Hall–Kier alpha value is -0.500. The SMILES string of the molecule is CC(=O)Nc1c(F)c(F)c(I)c(F)c1Cl. The third kappa shape index (κ3) is 2.36. The van der Waals surface area contributed by atoms with E-state index in [1.807, 2.05) is 5.32 Å². The van der Waals surface area contributed by atoms with Crippen molar-refractivity contribution in [1.82, 2.24) is 0 Å². The Bertz CT molecular complexity index is 409. The van der Waals surface area contributed by atoms with Gasteiger partial charge < -0.3 is 5.32 Å². The van der Waals surface area contributed by atoms with Gasteiger partial charge in [-0.05, 0) is 22.6 Å². The fourth-order valence-corrected chi connectivity index (χ4v) is 1.78. The quantitative estimate of drug-likeness (QED) is 0.470. The van der Waals surface area contributed by atoms with Crippen LogP contribution in [0.3, 0.4) is 0 Å². The van der Waals surface area contributed by atoms with Crippen molar-refractivity contribution < 1.29 is 18.0 Å². The van der Waals surface area contributed by atoms with Crippen LogP contribution in [0.15, 0.2) is 0 Å². The maximum absolute atomic E-state index is 13.2. The molecule has 2 nitrogen and oxygen atoms in total. The maximum atomic E-state index is 13.2. The minimum absolute atomic E-state index is 0.552. The molecule has 1 aromatic carbocycles. The first-order valence-electron chi connectivity index (χ1n) is 3.65. The fourth-order valence-electron chi connectivity index (χ4n) is 0.891. The van der Waals surface area contributed by atoms with Crippen LogP contribution in [0.25, 0.3) is 0 Å². The van der Waals surface area contributed by atoms with Crippen LogP contribution in [0, 0.1) is 21.0 Å². The normalized spacial score (nSPS) is 10.3. The Morgan fingerprint density at radius 2 is 1.80 bits per heavy atom. The van der Waals surface area contributed by atoms with Gasteiger partial charge in [-0.1, -0.05) is 11.6 Å². The van der Waals surface area contributed by atoms with Crippen LogP contribution in [0.2, 0.25) is 5.02 Å². The number of hydrogen-bond acceptors (Lipinski definition) is 1. The summed E-state index contributed by atoms with van der Waals surface area (Å²) in [4.78, 5) is 10.6. The summed E-state index contributed by atoms with van der Waals surface area (Å²) in [5, 5.41) is 1.28. The third-order valence-corrected chi connectivity index (χ3v) is 2.81. The van der Waals surface area contributed by atoms with Crippen LogP contribution in [-0.4, -0.2) is 5.91 Å². The minimum atomic E-state index is -1.37. The Kier molecular flexibility index (Phi) is 3.82. The van der Waals surface area contributed by atoms with Crippen molar-refractivity contribution in [2.75, 3.05) is 5.32 Å². The molecule has 82 valence electrons. The van der Waals surface area contributed by atoms with Crippen molar-refractivity contribution in [2.24, 2.45) is 0 Å². The molecule has 0 bridgehead atoms. The van der Waals surface area contributed by atoms with E-state index in [0.717, 1.165) is 6.92 Å². The van der Waals surface area contributed by atoms with Crippen molar-refractivity contribution in [3.63, 3.8) is 0 Å². The summed E-state index contributed by atoms with van der Waals surface area (Å²) in [7, 11) is 0. The van der Waals surface area contributed by atoms with Crippen molar-refractivity contribution in [3.8, 4) is 0 Å². The summed E-state index contributed by atoms with van der Waals surface area (Å²) in [6.45, 7) is 1.07. The first-order valence-corrected chi connectivity index (χ1v) is 5.11. The van der Waals surface area contributed by atoms with Crippen molar-refractivity contribution in [2.45, 2.75) is 6.92 Å². The molecule has 1 rings (SSSR count). The largest absolute Gasteiger partial charge is 0.322 e. The monoisotopic (exact) mass is 349 g/mol. The molecular formula is C8H4ClF3INO. The Balaban J connectivity index is 3.45. The first-order chi connectivity index (χ1) is 6.86. The van der Waals surface area contributed by atoms with Crippen molar-refractivity contribution >= 4 is 45.8 Å². The lowest BCUT2D eigenvalue weighted by Crippen LogP contribution is -2.11. The number of benzene rings is 1. The summed E-state index contributed by atoms with van der Waals surface area (Å²) in [5.74, 6) is -4.52. The fraction of sp³-hybridized carbons (Fsp3) is 0.125. The summed E-state index contributed by atoms with van der Waals surface area (Å²) < 4.78 is 38.9. The molecule has 7 heteroatoms. The van der Waals surface area contributed by atoms with Gasteiger partial charge in [-0.3, -0.25) is 4.79 Å². The lowest BCUT2D eigenvalue weighted by atomic mass is 10.2. The molecule has 1 aromatic rings. The van der Waals surface area contributed by atoms with Gasteiger partial charge in [0.05, 0.1) is 3.57 Å². The van der Waals surface area contributed by atoms with Gasteiger partial charge in [0.25, 0.3) is 0 Å². The summed E-state index contributed by atoms with van der Waals surface area (Å²) in [6.07, 6.45) is 0. The zero-order valence-electron chi connectivity index (χ0n) is 7.30. The minimum Gasteiger partial charge on any atom is -0.322 e. The number of hydrogen-bond donors (Lipinski definition) is 1. The number of carbonyl (C=O) groups is 1. The van der Waals surface area contributed by atoms with Crippen LogP contribution < -0.4 is 5.32 Å². The second-order valence-electron chi connectivity index (χ2n) is 2.63. The molecule has 1 amide bonds. The second kappa shape index (κ2) is 4.56. The predicted molar refractivity (Wildman–Crippen MR) is 58.3 cm³/mol. The Morgan fingerprint density at radius 3 is 2.27 bits per heavy atom. The highest BCUT2D eigenvalue weighted by atomic mass is 127. The van der Waals surface area contributed by atoms with E-state index in [1.54, 1.807) is 0 Å². The lowest BCUT2D eigenvalue weighted by molar-refractivity contribution is -0.114. The third-order valence-electron chi connectivity index (χ3n) is 1.51. The molecule has 0 spiro atoms. The van der Waals surface area contributed by atoms with Crippen LogP contribution in [-0.2, 0) is 4.79 Å². The highest BCUT2D eigenvalue weighted by molar-refractivity contribution is 14.1. The van der Waals surface area contributed by atoms with Crippen LogP contribution >= 0.6 is 34.2 Å². The molecule has 0 aromatic heterocycles. The number of anilines is 1. The molecule has 0 aliphatic rings. The molecule has 0 fully saturated rings. The molecule has 0 saturated heterocycles. The topological polar surface area (TPSA) is 29.1 Å². The standard InChI is InChI=1S/C8H4ClF3INO/c1-2(15)14-8-3(9)4(10)7(13)5(11)6(8)12/h1H3,(H,14,15). The Morgan fingerprint density at radius 1 is 1.27 bits per heavy atom. The van der Waals surface area contributed by atoms with Crippen LogP contribution in [0.1, 0.15) is 6.92 Å². The van der Waals surface area contributed by atoms with Crippen molar-refractivity contribution in [1.29, 1.82) is 0 Å². The van der Waals surface area contributed by atoms with Gasteiger partial charge in [0.15, 0.2) is 17.5 Å². The van der Waals surface area contributed by atoms with Gasteiger partial charge >= 0.3 is 0 Å². The number of rotatable bonds is 1. The number of amides is 1. The molecule has 15 heavy (non-hydrogen) atoms. The number of carbonyl (C=O) groups excluding carboxylic acids is 1. The predicted octanol–water partition coefficient (Wildman–Crippen LogP) is 3.32. The van der Waals surface area contributed by atoms with E-state index >= 15 is 0 Å². The maximum Gasteiger partial charge on any atom is 0.221 e.